The number of nitrogens with one attached hydrogen (secondary N) is 3. The number of amides is 3. The molecule has 140 valence electrons. The fourth-order valence-electron chi connectivity index (χ4n) is 2.33. The maximum atomic E-state index is 12.1. The van der Waals surface area contributed by atoms with Crippen molar-refractivity contribution in [2.45, 2.75) is 40.0 Å². The van der Waals surface area contributed by atoms with E-state index in [4.69, 9.17) is 0 Å². The van der Waals surface area contributed by atoms with Crippen LogP contribution < -0.4 is 16.0 Å². The van der Waals surface area contributed by atoms with Crippen molar-refractivity contribution in [3.05, 3.63) is 45.4 Å². The van der Waals surface area contributed by atoms with Gasteiger partial charge in [-0.2, -0.15) is 0 Å². The third kappa shape index (κ3) is 5.56. The van der Waals surface area contributed by atoms with Crippen LogP contribution in [-0.2, 0) is 6.42 Å². The van der Waals surface area contributed by atoms with Gasteiger partial charge in [0.1, 0.15) is 0 Å². The van der Waals surface area contributed by atoms with Gasteiger partial charge in [0.25, 0.3) is 5.91 Å². The predicted molar refractivity (Wildman–Crippen MR) is 106 cm³/mol. The van der Waals surface area contributed by atoms with Gasteiger partial charge in [-0.3, -0.25) is 4.79 Å². The van der Waals surface area contributed by atoms with E-state index in [-0.39, 0.29) is 11.9 Å². The van der Waals surface area contributed by atoms with Crippen LogP contribution >= 0.6 is 11.3 Å². The summed E-state index contributed by atoms with van der Waals surface area (Å²) in [7, 11) is 0. The lowest BCUT2D eigenvalue weighted by Gasteiger charge is -2.11. The lowest BCUT2D eigenvalue weighted by Crippen LogP contribution is -2.31. The molecule has 0 saturated carbocycles. The molecule has 2 aromatic rings. The van der Waals surface area contributed by atoms with E-state index in [2.05, 4.69) is 34.8 Å². The minimum Gasteiger partial charge on any atom is -0.352 e. The third-order valence-corrected chi connectivity index (χ3v) is 5.01. The number of aromatic nitrogens is 1. The maximum Gasteiger partial charge on any atom is 0.319 e. The zero-order chi connectivity index (χ0) is 19.1. The molecule has 0 aliphatic heterocycles. The summed E-state index contributed by atoms with van der Waals surface area (Å²) in [5.74, 6) is 0.269. The number of anilines is 1. The van der Waals surface area contributed by atoms with Crippen molar-refractivity contribution in [1.82, 2.24) is 15.6 Å². The monoisotopic (exact) mass is 374 g/mol. The topological polar surface area (TPSA) is 83.1 Å². The molecule has 7 heteroatoms. The van der Waals surface area contributed by atoms with Gasteiger partial charge in [-0.25, -0.2) is 9.78 Å². The molecule has 0 saturated heterocycles. The van der Waals surface area contributed by atoms with Crippen LogP contribution in [0.4, 0.5) is 10.5 Å². The average molecular weight is 375 g/mol. The lowest BCUT2D eigenvalue weighted by atomic mass is 10.1. The molecule has 1 heterocycles. The Hall–Kier alpha value is -2.41. The number of aryl methyl sites for hydroxylation is 1. The van der Waals surface area contributed by atoms with E-state index >= 15 is 0 Å². The summed E-state index contributed by atoms with van der Waals surface area (Å²) in [6.07, 6.45) is 0.689. The second kappa shape index (κ2) is 9.33. The first kappa shape index (κ1) is 19.9. The summed E-state index contributed by atoms with van der Waals surface area (Å²) in [4.78, 5) is 28.6. The highest BCUT2D eigenvalue weighted by atomic mass is 32.1. The van der Waals surface area contributed by atoms with Crippen LogP contribution in [0.2, 0.25) is 0 Å². The molecule has 0 aliphatic rings. The highest BCUT2D eigenvalue weighted by molar-refractivity contribution is 7.09. The van der Waals surface area contributed by atoms with E-state index in [9.17, 15) is 9.59 Å². The number of carbonyl (C=O) groups is 2. The Morgan fingerprint density at radius 2 is 2.00 bits per heavy atom. The molecular formula is C19H26N4O2S. The molecule has 1 aromatic carbocycles. The molecule has 0 radical (unpaired) electrons. The molecule has 3 amide bonds. The molecule has 0 atom stereocenters. The molecule has 0 aliphatic carbocycles. The molecule has 0 spiro atoms. The van der Waals surface area contributed by atoms with E-state index in [0.717, 1.165) is 16.3 Å². The minimum absolute atomic E-state index is 0.152. The number of benzene rings is 1. The van der Waals surface area contributed by atoms with Crippen molar-refractivity contribution in [3.63, 3.8) is 0 Å². The number of nitrogens with zero attached hydrogens (tertiary/aromatic N) is 1. The van der Waals surface area contributed by atoms with Gasteiger partial charge in [0.05, 0.1) is 10.7 Å². The summed E-state index contributed by atoms with van der Waals surface area (Å²) in [6, 6.07) is 4.97. The van der Waals surface area contributed by atoms with Crippen molar-refractivity contribution >= 4 is 29.0 Å². The number of hydrogen-bond acceptors (Lipinski definition) is 4. The van der Waals surface area contributed by atoms with Crippen molar-refractivity contribution < 1.29 is 9.59 Å². The largest absolute Gasteiger partial charge is 0.352 e. The second-order valence-electron chi connectivity index (χ2n) is 6.35. The summed E-state index contributed by atoms with van der Waals surface area (Å²) in [5.41, 5.74) is 3.04. The SMILES string of the molecule is CCNC(=O)c1ccc(C)c(NC(=O)NCCc2csc(C(C)C)n2)c1. The first-order valence-electron chi connectivity index (χ1n) is 8.78. The molecule has 3 N–H and O–H groups in total. The third-order valence-electron chi connectivity index (χ3n) is 3.82. The van der Waals surface area contributed by atoms with E-state index in [1.54, 1.807) is 23.5 Å². The first-order chi connectivity index (χ1) is 12.4. The zero-order valence-electron chi connectivity index (χ0n) is 15.7. The maximum absolute atomic E-state index is 12.1. The number of urea groups is 1. The van der Waals surface area contributed by atoms with Gasteiger partial charge in [-0.05, 0) is 31.5 Å². The van der Waals surface area contributed by atoms with Crippen molar-refractivity contribution in [1.29, 1.82) is 0 Å². The summed E-state index contributed by atoms with van der Waals surface area (Å²) in [5, 5.41) is 11.5. The Labute approximate surface area is 158 Å². The standard InChI is InChI=1S/C19H26N4O2S/c1-5-20-17(24)14-7-6-13(4)16(10-14)23-19(25)21-9-8-15-11-26-18(22-15)12(2)3/h6-7,10-12H,5,8-9H2,1-4H3,(H,20,24)(H2,21,23,25). The van der Waals surface area contributed by atoms with Crippen LogP contribution in [0.1, 0.15) is 53.3 Å². The number of rotatable bonds is 7. The fourth-order valence-corrected chi connectivity index (χ4v) is 3.20. The first-order valence-corrected chi connectivity index (χ1v) is 9.66. The molecule has 0 bridgehead atoms. The quantitative estimate of drug-likeness (QED) is 0.691. The van der Waals surface area contributed by atoms with Gasteiger partial charge in [0, 0.05) is 42.1 Å². The molecular weight excluding hydrogens is 348 g/mol. The van der Waals surface area contributed by atoms with Gasteiger partial charge >= 0.3 is 6.03 Å². The highest BCUT2D eigenvalue weighted by Gasteiger charge is 2.10. The van der Waals surface area contributed by atoms with Gasteiger partial charge in [-0.15, -0.1) is 11.3 Å². The number of thiazole rings is 1. The summed E-state index contributed by atoms with van der Waals surface area (Å²) in [6.45, 7) is 9.05. The van der Waals surface area contributed by atoms with E-state index in [1.165, 1.54) is 0 Å². The lowest BCUT2D eigenvalue weighted by molar-refractivity contribution is 0.0956. The van der Waals surface area contributed by atoms with Crippen molar-refractivity contribution in [2.75, 3.05) is 18.4 Å². The Kier molecular flexibility index (Phi) is 7.15. The number of carbonyl (C=O) groups excluding carboxylic acids is 2. The summed E-state index contributed by atoms with van der Waals surface area (Å²) < 4.78 is 0. The average Bonchev–Trinajstić information content (AvgIpc) is 3.06. The van der Waals surface area contributed by atoms with E-state index in [0.29, 0.717) is 36.7 Å². The Morgan fingerprint density at radius 1 is 1.23 bits per heavy atom. The van der Waals surface area contributed by atoms with Crippen LogP contribution in [0, 0.1) is 6.92 Å². The smallest absolute Gasteiger partial charge is 0.319 e. The van der Waals surface area contributed by atoms with Gasteiger partial charge in [-0.1, -0.05) is 19.9 Å². The normalized spacial score (nSPS) is 10.7. The minimum atomic E-state index is -0.291. The molecule has 26 heavy (non-hydrogen) atoms. The zero-order valence-corrected chi connectivity index (χ0v) is 16.5. The summed E-state index contributed by atoms with van der Waals surface area (Å²) >= 11 is 1.65. The Bertz CT molecular complexity index is 771. The van der Waals surface area contributed by atoms with Crippen LogP contribution in [0.5, 0.6) is 0 Å². The van der Waals surface area contributed by atoms with Crippen LogP contribution in [0.3, 0.4) is 0 Å². The second-order valence-corrected chi connectivity index (χ2v) is 7.24. The van der Waals surface area contributed by atoms with Gasteiger partial charge in [0.15, 0.2) is 0 Å². The fraction of sp³-hybridized carbons (Fsp3) is 0.421. The number of hydrogen-bond donors (Lipinski definition) is 3. The molecule has 0 unspecified atom stereocenters. The van der Waals surface area contributed by atoms with Crippen molar-refractivity contribution in [3.8, 4) is 0 Å². The Balaban J connectivity index is 1.88. The van der Waals surface area contributed by atoms with Crippen LogP contribution in [0.15, 0.2) is 23.6 Å². The van der Waals surface area contributed by atoms with Gasteiger partial charge < -0.3 is 16.0 Å². The Morgan fingerprint density at radius 3 is 2.65 bits per heavy atom. The van der Waals surface area contributed by atoms with Crippen LogP contribution in [0.25, 0.3) is 0 Å². The molecule has 0 fully saturated rings. The van der Waals surface area contributed by atoms with E-state index in [1.807, 2.05) is 25.3 Å². The molecule has 6 nitrogen and oxygen atoms in total. The van der Waals surface area contributed by atoms with Crippen LogP contribution in [-0.4, -0.2) is 30.0 Å². The van der Waals surface area contributed by atoms with Gasteiger partial charge in [0.2, 0.25) is 0 Å². The predicted octanol–water partition coefficient (Wildman–Crippen LogP) is 3.69. The molecule has 1 aromatic heterocycles. The van der Waals surface area contributed by atoms with Crippen molar-refractivity contribution in [2.24, 2.45) is 0 Å². The van der Waals surface area contributed by atoms with E-state index < -0.39 is 0 Å². The molecule has 2 rings (SSSR count). The highest BCUT2D eigenvalue weighted by Crippen LogP contribution is 2.19.